The van der Waals surface area contributed by atoms with Crippen LogP contribution in [-0.2, 0) is 4.79 Å². The highest BCUT2D eigenvalue weighted by molar-refractivity contribution is 5.88. The molecule has 1 fully saturated rings. The van der Waals surface area contributed by atoms with Crippen molar-refractivity contribution < 1.29 is 4.79 Å². The van der Waals surface area contributed by atoms with E-state index in [0.717, 1.165) is 18.5 Å². The highest BCUT2D eigenvalue weighted by Gasteiger charge is 2.39. The maximum atomic E-state index is 11.7. The van der Waals surface area contributed by atoms with Crippen molar-refractivity contribution in [3.05, 3.63) is 30.3 Å². The van der Waals surface area contributed by atoms with Crippen LogP contribution in [0.5, 0.6) is 0 Å². The van der Waals surface area contributed by atoms with Crippen LogP contribution in [0.3, 0.4) is 0 Å². The number of benzene rings is 1. The van der Waals surface area contributed by atoms with Crippen LogP contribution < -0.4 is 16.8 Å². The molecular formula is C13H19N3O. The second-order valence-electron chi connectivity index (χ2n) is 4.77. The largest absolute Gasteiger partial charge is 0.371 e. The van der Waals surface area contributed by atoms with Crippen LogP contribution in [0.2, 0.25) is 0 Å². The zero-order valence-corrected chi connectivity index (χ0v) is 9.86. The quantitative estimate of drug-likeness (QED) is 0.734. The summed E-state index contributed by atoms with van der Waals surface area (Å²) in [5.74, 6) is -0.284. The average molecular weight is 233 g/mol. The van der Waals surface area contributed by atoms with Crippen molar-refractivity contribution in [3.63, 3.8) is 0 Å². The minimum absolute atomic E-state index is 0.194. The van der Waals surface area contributed by atoms with Crippen molar-refractivity contribution in [2.45, 2.75) is 37.3 Å². The Morgan fingerprint density at radius 2 is 1.82 bits per heavy atom. The normalized spacial score (nSPS) is 28.6. The predicted octanol–water partition coefficient (Wildman–Crippen LogP) is 1.22. The number of hydrogen-bond donors (Lipinski definition) is 3. The standard InChI is InChI=1S/C13H19N3O/c14-10-6-8-13(9-7-10,12(15)17)16-11-4-2-1-3-5-11/h1-5,10,16H,6-9,14H2,(H2,15,17). The first-order chi connectivity index (χ1) is 8.12. The van der Waals surface area contributed by atoms with Gasteiger partial charge in [-0.05, 0) is 37.8 Å². The maximum absolute atomic E-state index is 11.7. The van der Waals surface area contributed by atoms with E-state index in [1.807, 2.05) is 30.3 Å². The van der Waals surface area contributed by atoms with Gasteiger partial charge in [0.2, 0.25) is 5.91 Å². The van der Waals surface area contributed by atoms with E-state index in [1.54, 1.807) is 0 Å². The van der Waals surface area contributed by atoms with Gasteiger partial charge in [0, 0.05) is 11.7 Å². The van der Waals surface area contributed by atoms with Gasteiger partial charge in [-0.1, -0.05) is 18.2 Å². The molecule has 0 radical (unpaired) electrons. The summed E-state index contributed by atoms with van der Waals surface area (Å²) >= 11 is 0. The number of hydrogen-bond acceptors (Lipinski definition) is 3. The topological polar surface area (TPSA) is 81.1 Å². The molecule has 1 aromatic rings. The van der Waals surface area contributed by atoms with E-state index in [4.69, 9.17) is 11.5 Å². The molecule has 1 aliphatic rings. The highest BCUT2D eigenvalue weighted by Crippen LogP contribution is 2.31. The van der Waals surface area contributed by atoms with Crippen molar-refractivity contribution in [1.82, 2.24) is 0 Å². The molecule has 0 saturated heterocycles. The van der Waals surface area contributed by atoms with Crippen LogP contribution in [0.15, 0.2) is 30.3 Å². The first kappa shape index (κ1) is 11.9. The van der Waals surface area contributed by atoms with Gasteiger partial charge in [0.15, 0.2) is 0 Å². The van der Waals surface area contributed by atoms with Crippen molar-refractivity contribution >= 4 is 11.6 Å². The number of carbonyl (C=O) groups is 1. The Morgan fingerprint density at radius 1 is 1.24 bits per heavy atom. The summed E-state index contributed by atoms with van der Waals surface area (Å²) < 4.78 is 0. The van der Waals surface area contributed by atoms with Crippen LogP contribution in [-0.4, -0.2) is 17.5 Å². The lowest BCUT2D eigenvalue weighted by atomic mass is 9.79. The van der Waals surface area contributed by atoms with Gasteiger partial charge in [-0.25, -0.2) is 0 Å². The van der Waals surface area contributed by atoms with E-state index in [0.29, 0.717) is 12.8 Å². The van der Waals surface area contributed by atoms with Crippen molar-refractivity contribution in [2.75, 3.05) is 5.32 Å². The van der Waals surface area contributed by atoms with Crippen molar-refractivity contribution in [3.8, 4) is 0 Å². The van der Waals surface area contributed by atoms with E-state index in [2.05, 4.69) is 5.32 Å². The summed E-state index contributed by atoms with van der Waals surface area (Å²) in [6, 6.07) is 9.90. The van der Waals surface area contributed by atoms with Crippen LogP contribution in [0.1, 0.15) is 25.7 Å². The molecule has 0 unspecified atom stereocenters. The minimum Gasteiger partial charge on any atom is -0.371 e. The molecule has 5 N–H and O–H groups in total. The van der Waals surface area contributed by atoms with Crippen LogP contribution >= 0.6 is 0 Å². The summed E-state index contributed by atoms with van der Waals surface area (Å²) in [7, 11) is 0. The molecule has 4 heteroatoms. The first-order valence-electron chi connectivity index (χ1n) is 6.01. The molecule has 2 rings (SSSR count). The first-order valence-corrected chi connectivity index (χ1v) is 6.01. The van der Waals surface area contributed by atoms with Gasteiger partial charge in [-0.3, -0.25) is 4.79 Å². The molecule has 1 aromatic carbocycles. The SMILES string of the molecule is NC(=O)C1(Nc2ccccc2)CCC(N)CC1. The Balaban J connectivity index is 2.15. The number of carbonyl (C=O) groups excluding carboxylic acids is 1. The van der Waals surface area contributed by atoms with Gasteiger partial charge in [-0.2, -0.15) is 0 Å². The van der Waals surface area contributed by atoms with Crippen LogP contribution in [0.4, 0.5) is 5.69 Å². The molecule has 4 nitrogen and oxygen atoms in total. The second-order valence-corrected chi connectivity index (χ2v) is 4.77. The number of rotatable bonds is 3. The summed E-state index contributed by atoms with van der Waals surface area (Å²) in [6.45, 7) is 0. The molecular weight excluding hydrogens is 214 g/mol. The van der Waals surface area contributed by atoms with Crippen molar-refractivity contribution in [2.24, 2.45) is 11.5 Å². The number of nitrogens with one attached hydrogen (secondary N) is 1. The zero-order chi connectivity index (χ0) is 12.3. The number of nitrogens with two attached hydrogens (primary N) is 2. The minimum atomic E-state index is -0.628. The van der Waals surface area contributed by atoms with Crippen LogP contribution in [0, 0.1) is 0 Å². The summed E-state index contributed by atoms with van der Waals surface area (Å²) in [4.78, 5) is 11.7. The van der Waals surface area contributed by atoms with E-state index in [1.165, 1.54) is 0 Å². The van der Waals surface area contributed by atoms with E-state index in [9.17, 15) is 4.79 Å². The average Bonchev–Trinajstić information content (AvgIpc) is 2.33. The van der Waals surface area contributed by atoms with Gasteiger partial charge in [-0.15, -0.1) is 0 Å². The molecule has 0 aromatic heterocycles. The van der Waals surface area contributed by atoms with Crippen molar-refractivity contribution in [1.29, 1.82) is 0 Å². The third kappa shape index (κ3) is 2.58. The Hall–Kier alpha value is -1.55. The number of primary amides is 1. The van der Waals surface area contributed by atoms with Gasteiger partial charge in [0.05, 0.1) is 0 Å². The third-order valence-corrected chi connectivity index (χ3v) is 3.51. The van der Waals surface area contributed by atoms with E-state index in [-0.39, 0.29) is 11.9 Å². The Kier molecular flexibility index (Phi) is 3.33. The van der Waals surface area contributed by atoms with Gasteiger partial charge in [0.25, 0.3) is 0 Å². The molecule has 0 bridgehead atoms. The van der Waals surface area contributed by atoms with Gasteiger partial charge >= 0.3 is 0 Å². The molecule has 1 saturated carbocycles. The van der Waals surface area contributed by atoms with Gasteiger partial charge in [0.1, 0.15) is 5.54 Å². The van der Waals surface area contributed by atoms with Crippen LogP contribution in [0.25, 0.3) is 0 Å². The summed E-state index contributed by atoms with van der Waals surface area (Å²) in [5, 5.41) is 3.28. The molecule has 0 aliphatic heterocycles. The number of anilines is 1. The lowest BCUT2D eigenvalue weighted by Crippen LogP contribution is -2.54. The summed E-state index contributed by atoms with van der Waals surface area (Å²) in [5.41, 5.74) is 11.7. The lowest BCUT2D eigenvalue weighted by molar-refractivity contribution is -0.123. The summed E-state index contributed by atoms with van der Waals surface area (Å²) in [6.07, 6.45) is 3.09. The zero-order valence-electron chi connectivity index (χ0n) is 9.86. The number of amides is 1. The highest BCUT2D eigenvalue weighted by atomic mass is 16.1. The molecule has 0 atom stereocenters. The predicted molar refractivity (Wildman–Crippen MR) is 68.4 cm³/mol. The monoisotopic (exact) mass is 233 g/mol. The second kappa shape index (κ2) is 4.75. The van der Waals surface area contributed by atoms with E-state index < -0.39 is 5.54 Å². The fourth-order valence-electron chi connectivity index (χ4n) is 2.36. The lowest BCUT2D eigenvalue weighted by Gasteiger charge is -2.38. The fraction of sp³-hybridized carbons (Fsp3) is 0.462. The smallest absolute Gasteiger partial charge is 0.243 e. The molecule has 1 aliphatic carbocycles. The number of para-hydroxylation sites is 1. The Bertz CT molecular complexity index is 383. The molecule has 92 valence electrons. The maximum Gasteiger partial charge on any atom is 0.243 e. The third-order valence-electron chi connectivity index (χ3n) is 3.51. The fourth-order valence-corrected chi connectivity index (χ4v) is 2.36. The molecule has 0 spiro atoms. The Labute approximate surface area is 101 Å². The molecule has 0 heterocycles. The van der Waals surface area contributed by atoms with Gasteiger partial charge < -0.3 is 16.8 Å². The van der Waals surface area contributed by atoms with E-state index >= 15 is 0 Å². The Morgan fingerprint density at radius 3 is 2.35 bits per heavy atom. The molecule has 17 heavy (non-hydrogen) atoms. The molecule has 1 amide bonds.